The highest BCUT2D eigenvalue weighted by molar-refractivity contribution is 8.00. The Kier molecular flexibility index (Phi) is 8.16. The van der Waals surface area contributed by atoms with Crippen LogP contribution in [-0.4, -0.2) is 63.6 Å². The smallest absolute Gasteiger partial charge is 0.323 e. The van der Waals surface area contributed by atoms with E-state index in [1.54, 1.807) is 11.8 Å². The second kappa shape index (κ2) is 10.3. The average Bonchev–Trinajstić information content (AvgIpc) is 2.90. The lowest BCUT2D eigenvalue weighted by Gasteiger charge is -2.29. The van der Waals surface area contributed by atoms with Crippen molar-refractivity contribution >= 4 is 29.5 Å². The van der Waals surface area contributed by atoms with Gasteiger partial charge in [-0.3, -0.25) is 14.4 Å². The van der Waals surface area contributed by atoms with Crippen molar-refractivity contribution in [2.75, 3.05) is 19.6 Å². The van der Waals surface area contributed by atoms with E-state index in [0.717, 1.165) is 24.2 Å². The van der Waals surface area contributed by atoms with Gasteiger partial charge in [0, 0.05) is 31.0 Å². The number of carbonyl (C=O) groups is 3. The van der Waals surface area contributed by atoms with Crippen molar-refractivity contribution in [3.63, 3.8) is 0 Å². The fourth-order valence-corrected chi connectivity index (χ4v) is 4.49. The standard InChI is InChI=1S/C20H28N2O4S/c1-3-18(27-17-9-5-4-6-10-17)20(26)21-12-7-8-16(11-13-21)22(15(2)23)14-19(24)25/h4-6,9-10,16,18H,3,7-8,11-14H2,1-2H3,(H,24,25). The number of amides is 2. The Balaban J connectivity index is 2.00. The van der Waals surface area contributed by atoms with Crippen LogP contribution in [0, 0.1) is 0 Å². The van der Waals surface area contributed by atoms with Crippen LogP contribution in [0.5, 0.6) is 0 Å². The van der Waals surface area contributed by atoms with E-state index in [1.165, 1.54) is 11.8 Å². The molecule has 2 amide bonds. The Morgan fingerprint density at radius 2 is 1.93 bits per heavy atom. The highest BCUT2D eigenvalue weighted by Gasteiger charge is 2.30. The first-order valence-electron chi connectivity index (χ1n) is 9.41. The van der Waals surface area contributed by atoms with Crippen LogP contribution in [0.1, 0.15) is 39.5 Å². The number of aliphatic carboxylic acids is 1. The lowest BCUT2D eigenvalue weighted by atomic mass is 10.1. The second-order valence-corrected chi connectivity index (χ2v) is 8.05. The summed E-state index contributed by atoms with van der Waals surface area (Å²) >= 11 is 1.58. The Morgan fingerprint density at radius 3 is 2.52 bits per heavy atom. The lowest BCUT2D eigenvalue weighted by Crippen LogP contribution is -2.43. The Hall–Kier alpha value is -2.02. The van der Waals surface area contributed by atoms with Crippen molar-refractivity contribution in [1.29, 1.82) is 0 Å². The van der Waals surface area contributed by atoms with E-state index in [9.17, 15) is 14.4 Å². The third kappa shape index (κ3) is 6.27. The lowest BCUT2D eigenvalue weighted by molar-refractivity contribution is -0.145. The minimum Gasteiger partial charge on any atom is -0.480 e. The van der Waals surface area contributed by atoms with Crippen LogP contribution >= 0.6 is 11.8 Å². The molecule has 1 saturated heterocycles. The number of thioether (sulfide) groups is 1. The summed E-state index contributed by atoms with van der Waals surface area (Å²) in [7, 11) is 0. The largest absolute Gasteiger partial charge is 0.480 e. The average molecular weight is 393 g/mol. The molecule has 2 unspecified atom stereocenters. The normalized spacial score (nSPS) is 18.4. The summed E-state index contributed by atoms with van der Waals surface area (Å²) in [5, 5.41) is 8.93. The van der Waals surface area contributed by atoms with Crippen LogP contribution in [0.4, 0.5) is 0 Å². The Bertz CT molecular complexity index is 653. The third-order valence-electron chi connectivity index (χ3n) is 4.83. The van der Waals surface area contributed by atoms with Gasteiger partial charge in [0.1, 0.15) is 6.54 Å². The first kappa shape index (κ1) is 21.3. The summed E-state index contributed by atoms with van der Waals surface area (Å²) < 4.78 is 0. The Morgan fingerprint density at radius 1 is 1.22 bits per heavy atom. The fourth-order valence-electron chi connectivity index (χ4n) is 3.43. The maximum absolute atomic E-state index is 13.0. The van der Waals surface area contributed by atoms with Crippen molar-refractivity contribution in [2.24, 2.45) is 0 Å². The van der Waals surface area contributed by atoms with Crippen LogP contribution in [-0.2, 0) is 14.4 Å². The molecule has 1 fully saturated rings. The summed E-state index contributed by atoms with van der Waals surface area (Å²) in [4.78, 5) is 40.3. The third-order valence-corrected chi connectivity index (χ3v) is 6.19. The van der Waals surface area contributed by atoms with Crippen molar-refractivity contribution in [3.8, 4) is 0 Å². The molecule has 1 aromatic rings. The zero-order valence-corrected chi connectivity index (χ0v) is 16.8. The molecule has 2 rings (SSSR count). The molecule has 1 aromatic carbocycles. The molecule has 7 heteroatoms. The zero-order chi connectivity index (χ0) is 19.8. The number of hydrogen-bond donors (Lipinski definition) is 1. The van der Waals surface area contributed by atoms with Crippen molar-refractivity contribution in [1.82, 2.24) is 9.80 Å². The minimum atomic E-state index is -1.01. The predicted octanol–water partition coefficient (Wildman–Crippen LogP) is 2.87. The number of nitrogens with zero attached hydrogens (tertiary/aromatic N) is 2. The summed E-state index contributed by atoms with van der Waals surface area (Å²) in [6.45, 7) is 4.35. The van der Waals surface area contributed by atoms with E-state index in [2.05, 4.69) is 0 Å². The monoisotopic (exact) mass is 392 g/mol. The minimum absolute atomic E-state index is 0.125. The second-order valence-electron chi connectivity index (χ2n) is 6.78. The molecule has 148 valence electrons. The van der Waals surface area contributed by atoms with Gasteiger partial charge in [0.15, 0.2) is 0 Å². The molecular weight excluding hydrogens is 364 g/mol. The molecule has 1 N–H and O–H groups in total. The highest BCUT2D eigenvalue weighted by Crippen LogP contribution is 2.28. The molecule has 1 aliphatic rings. The van der Waals surface area contributed by atoms with Gasteiger partial charge in [-0.1, -0.05) is 25.1 Å². The van der Waals surface area contributed by atoms with E-state index in [1.807, 2.05) is 42.2 Å². The number of carboxylic acid groups (broad SMARTS) is 1. The number of carbonyl (C=O) groups excluding carboxylic acids is 2. The quantitative estimate of drug-likeness (QED) is 0.722. The SMILES string of the molecule is CCC(Sc1ccccc1)C(=O)N1CCCC(N(CC(=O)O)C(C)=O)CC1. The summed E-state index contributed by atoms with van der Waals surface area (Å²) in [6, 6.07) is 9.78. The van der Waals surface area contributed by atoms with Crippen molar-refractivity contribution < 1.29 is 19.5 Å². The van der Waals surface area contributed by atoms with E-state index in [4.69, 9.17) is 5.11 Å². The van der Waals surface area contributed by atoms with Gasteiger partial charge in [0.05, 0.1) is 5.25 Å². The molecule has 1 heterocycles. The molecule has 0 aliphatic carbocycles. The van der Waals surface area contributed by atoms with Gasteiger partial charge >= 0.3 is 5.97 Å². The molecule has 0 spiro atoms. The zero-order valence-electron chi connectivity index (χ0n) is 16.0. The van der Waals surface area contributed by atoms with Gasteiger partial charge in [0.25, 0.3) is 0 Å². The van der Waals surface area contributed by atoms with Gasteiger partial charge < -0.3 is 14.9 Å². The molecule has 6 nitrogen and oxygen atoms in total. The number of hydrogen-bond acceptors (Lipinski definition) is 4. The molecular formula is C20H28N2O4S. The van der Waals surface area contributed by atoms with E-state index >= 15 is 0 Å². The molecule has 27 heavy (non-hydrogen) atoms. The van der Waals surface area contributed by atoms with E-state index < -0.39 is 5.97 Å². The molecule has 0 radical (unpaired) electrons. The number of carboxylic acids is 1. The fraction of sp³-hybridized carbons (Fsp3) is 0.550. The van der Waals surface area contributed by atoms with Crippen LogP contribution < -0.4 is 0 Å². The summed E-state index contributed by atoms with van der Waals surface area (Å²) in [6.07, 6.45) is 2.85. The van der Waals surface area contributed by atoms with Crippen LogP contribution in [0.2, 0.25) is 0 Å². The van der Waals surface area contributed by atoms with Gasteiger partial charge in [-0.05, 0) is 37.8 Å². The molecule has 1 aliphatic heterocycles. The number of likely N-dealkylation sites (tertiary alicyclic amines) is 1. The number of rotatable bonds is 7. The topological polar surface area (TPSA) is 77.9 Å². The number of benzene rings is 1. The van der Waals surface area contributed by atoms with Crippen molar-refractivity contribution in [2.45, 2.75) is 55.7 Å². The predicted molar refractivity (Wildman–Crippen MR) is 106 cm³/mol. The highest BCUT2D eigenvalue weighted by atomic mass is 32.2. The molecule has 0 bridgehead atoms. The van der Waals surface area contributed by atoms with Gasteiger partial charge in [-0.15, -0.1) is 11.8 Å². The summed E-state index contributed by atoms with van der Waals surface area (Å²) in [5.41, 5.74) is 0. The molecule has 0 saturated carbocycles. The van der Waals surface area contributed by atoms with Crippen molar-refractivity contribution in [3.05, 3.63) is 30.3 Å². The van der Waals surface area contributed by atoms with E-state index in [0.29, 0.717) is 19.5 Å². The van der Waals surface area contributed by atoms with Gasteiger partial charge in [-0.2, -0.15) is 0 Å². The first-order valence-corrected chi connectivity index (χ1v) is 10.3. The Labute approximate surface area is 164 Å². The van der Waals surface area contributed by atoms with Gasteiger partial charge in [0.2, 0.25) is 11.8 Å². The van der Waals surface area contributed by atoms with Crippen LogP contribution in [0.25, 0.3) is 0 Å². The van der Waals surface area contributed by atoms with Crippen LogP contribution in [0.3, 0.4) is 0 Å². The molecule has 0 aromatic heterocycles. The maximum atomic E-state index is 13.0. The van der Waals surface area contributed by atoms with E-state index in [-0.39, 0.29) is 29.7 Å². The first-order chi connectivity index (χ1) is 12.9. The summed E-state index contributed by atoms with van der Waals surface area (Å²) in [5.74, 6) is -1.11. The van der Waals surface area contributed by atoms with Crippen LogP contribution in [0.15, 0.2) is 35.2 Å². The maximum Gasteiger partial charge on any atom is 0.323 e. The van der Waals surface area contributed by atoms with Gasteiger partial charge in [-0.25, -0.2) is 0 Å². The molecule has 2 atom stereocenters.